The molecule has 2 N–H and O–H groups in total. The molecule has 0 atom stereocenters. The summed E-state index contributed by atoms with van der Waals surface area (Å²) in [7, 11) is 0. The lowest BCUT2D eigenvalue weighted by Crippen LogP contribution is -2.12. The van der Waals surface area contributed by atoms with Gasteiger partial charge in [0.15, 0.2) is 0 Å². The molecular weight excluding hydrogens is 293 g/mol. The standard InChI is InChI=1S/C11H7Cl2N3OS/c12-6-1-2-8(13)9(5-6)17-11-7(10(14)18)3-4-15-16-11/h1-5H,(H2,14,18). The molecule has 1 heterocycles. The lowest BCUT2D eigenvalue weighted by atomic mass is 10.3. The molecule has 0 unspecified atom stereocenters. The molecule has 0 fully saturated rings. The molecule has 0 amide bonds. The van der Waals surface area contributed by atoms with Gasteiger partial charge in [0, 0.05) is 11.1 Å². The zero-order valence-electron chi connectivity index (χ0n) is 8.93. The molecule has 1 aromatic carbocycles. The van der Waals surface area contributed by atoms with Gasteiger partial charge >= 0.3 is 0 Å². The smallest absolute Gasteiger partial charge is 0.249 e. The lowest BCUT2D eigenvalue weighted by Gasteiger charge is -2.09. The Bertz CT molecular complexity index is 607. The second-order valence-corrected chi connectivity index (χ2v) is 4.57. The molecule has 2 aromatic rings. The monoisotopic (exact) mass is 299 g/mol. The predicted molar refractivity (Wildman–Crippen MR) is 74.5 cm³/mol. The number of ether oxygens (including phenoxy) is 1. The number of nitrogens with two attached hydrogens (primary N) is 1. The van der Waals surface area contributed by atoms with Crippen LogP contribution in [0.3, 0.4) is 0 Å². The van der Waals surface area contributed by atoms with Crippen molar-refractivity contribution >= 4 is 40.4 Å². The van der Waals surface area contributed by atoms with Gasteiger partial charge in [-0.2, -0.15) is 5.10 Å². The molecule has 0 saturated carbocycles. The van der Waals surface area contributed by atoms with Crippen LogP contribution in [0.1, 0.15) is 5.56 Å². The Labute approximate surface area is 119 Å². The van der Waals surface area contributed by atoms with Crippen LogP contribution >= 0.6 is 35.4 Å². The van der Waals surface area contributed by atoms with Crippen LogP contribution in [0, 0.1) is 0 Å². The number of nitrogens with zero attached hydrogens (tertiary/aromatic N) is 2. The molecule has 7 heteroatoms. The van der Waals surface area contributed by atoms with E-state index in [1.54, 1.807) is 24.3 Å². The fraction of sp³-hybridized carbons (Fsp3) is 0. The predicted octanol–water partition coefficient (Wildman–Crippen LogP) is 3.21. The average Bonchev–Trinajstić information content (AvgIpc) is 2.34. The number of halogens is 2. The normalized spacial score (nSPS) is 10.1. The van der Waals surface area contributed by atoms with Crippen molar-refractivity contribution in [2.75, 3.05) is 0 Å². The molecule has 1 aromatic heterocycles. The highest BCUT2D eigenvalue weighted by molar-refractivity contribution is 7.80. The summed E-state index contributed by atoms with van der Waals surface area (Å²) in [6, 6.07) is 6.46. The average molecular weight is 300 g/mol. The molecule has 0 spiro atoms. The summed E-state index contributed by atoms with van der Waals surface area (Å²) < 4.78 is 5.52. The van der Waals surface area contributed by atoms with E-state index < -0.39 is 0 Å². The minimum Gasteiger partial charge on any atom is -0.435 e. The van der Waals surface area contributed by atoms with Crippen LogP contribution in [-0.4, -0.2) is 15.2 Å². The minimum atomic E-state index is 0.165. The summed E-state index contributed by atoms with van der Waals surface area (Å²) >= 11 is 16.7. The largest absolute Gasteiger partial charge is 0.435 e. The third-order valence-electron chi connectivity index (χ3n) is 2.05. The first-order valence-electron chi connectivity index (χ1n) is 4.82. The maximum Gasteiger partial charge on any atom is 0.249 e. The maximum absolute atomic E-state index is 5.98. The Morgan fingerprint density at radius 3 is 2.78 bits per heavy atom. The summed E-state index contributed by atoms with van der Waals surface area (Å²) in [5.74, 6) is 0.552. The number of aromatic nitrogens is 2. The van der Waals surface area contributed by atoms with Crippen LogP contribution in [0.25, 0.3) is 0 Å². The van der Waals surface area contributed by atoms with Crippen molar-refractivity contribution in [3.8, 4) is 11.6 Å². The van der Waals surface area contributed by atoms with Gasteiger partial charge in [-0.3, -0.25) is 0 Å². The maximum atomic E-state index is 5.98. The van der Waals surface area contributed by atoms with Gasteiger partial charge in [0.2, 0.25) is 5.88 Å². The van der Waals surface area contributed by atoms with E-state index in [0.717, 1.165) is 0 Å². The number of thiocarbonyl (C=S) groups is 1. The molecule has 0 saturated heterocycles. The molecule has 18 heavy (non-hydrogen) atoms. The van der Waals surface area contributed by atoms with Crippen LogP contribution in [0.4, 0.5) is 0 Å². The van der Waals surface area contributed by atoms with Crippen molar-refractivity contribution in [3.63, 3.8) is 0 Å². The van der Waals surface area contributed by atoms with E-state index in [1.807, 2.05) is 0 Å². The summed E-state index contributed by atoms with van der Waals surface area (Å²) in [5.41, 5.74) is 6.04. The first-order valence-corrected chi connectivity index (χ1v) is 5.99. The van der Waals surface area contributed by atoms with Crippen LogP contribution in [0.15, 0.2) is 30.5 Å². The Morgan fingerprint density at radius 2 is 2.06 bits per heavy atom. The lowest BCUT2D eigenvalue weighted by molar-refractivity contribution is 0.454. The van der Waals surface area contributed by atoms with Crippen molar-refractivity contribution in [1.82, 2.24) is 10.2 Å². The van der Waals surface area contributed by atoms with E-state index >= 15 is 0 Å². The minimum absolute atomic E-state index is 0.165. The molecule has 4 nitrogen and oxygen atoms in total. The van der Waals surface area contributed by atoms with E-state index in [2.05, 4.69) is 10.2 Å². The Hall–Kier alpha value is -1.43. The number of hydrogen-bond donors (Lipinski definition) is 1. The summed E-state index contributed by atoms with van der Waals surface area (Å²) in [6.07, 6.45) is 1.47. The molecule has 92 valence electrons. The third kappa shape index (κ3) is 2.87. The van der Waals surface area contributed by atoms with Crippen molar-refractivity contribution < 1.29 is 4.74 Å². The molecular formula is C11H7Cl2N3OS. The first-order chi connectivity index (χ1) is 8.58. The van der Waals surface area contributed by atoms with Gasteiger partial charge in [0.1, 0.15) is 10.7 Å². The van der Waals surface area contributed by atoms with Gasteiger partial charge in [-0.25, -0.2) is 0 Å². The van der Waals surface area contributed by atoms with Crippen LogP contribution in [0.2, 0.25) is 10.0 Å². The number of rotatable bonds is 3. The second kappa shape index (κ2) is 5.48. The third-order valence-corrected chi connectivity index (χ3v) is 2.82. The highest BCUT2D eigenvalue weighted by atomic mass is 35.5. The van der Waals surface area contributed by atoms with E-state index in [9.17, 15) is 0 Å². The van der Waals surface area contributed by atoms with Crippen LogP contribution in [0.5, 0.6) is 11.6 Å². The molecule has 0 aliphatic heterocycles. The topological polar surface area (TPSA) is 61.0 Å². The highest BCUT2D eigenvalue weighted by Gasteiger charge is 2.11. The van der Waals surface area contributed by atoms with Gasteiger partial charge in [0.05, 0.1) is 16.8 Å². The van der Waals surface area contributed by atoms with Crippen molar-refractivity contribution in [2.45, 2.75) is 0 Å². The first kappa shape index (κ1) is 13.0. The Balaban J connectivity index is 2.40. The second-order valence-electron chi connectivity index (χ2n) is 3.29. The van der Waals surface area contributed by atoms with Gasteiger partial charge < -0.3 is 10.5 Å². The molecule has 2 rings (SSSR count). The van der Waals surface area contributed by atoms with Gasteiger partial charge in [-0.15, -0.1) is 5.10 Å². The SMILES string of the molecule is NC(=S)c1ccnnc1Oc1cc(Cl)ccc1Cl. The molecule has 0 bridgehead atoms. The fourth-order valence-corrected chi connectivity index (χ4v) is 1.71. The molecule has 0 aliphatic carbocycles. The zero-order chi connectivity index (χ0) is 13.1. The Morgan fingerprint density at radius 1 is 1.28 bits per heavy atom. The van der Waals surface area contributed by atoms with Crippen molar-refractivity contribution in [3.05, 3.63) is 46.1 Å². The van der Waals surface area contributed by atoms with E-state index in [4.69, 9.17) is 45.9 Å². The number of benzene rings is 1. The summed E-state index contributed by atoms with van der Waals surface area (Å²) in [4.78, 5) is 0.165. The van der Waals surface area contributed by atoms with E-state index in [1.165, 1.54) is 6.20 Å². The fourth-order valence-electron chi connectivity index (χ4n) is 1.24. The van der Waals surface area contributed by atoms with Gasteiger partial charge in [0.25, 0.3) is 0 Å². The van der Waals surface area contributed by atoms with E-state index in [0.29, 0.717) is 21.4 Å². The quantitative estimate of drug-likeness (QED) is 0.882. The van der Waals surface area contributed by atoms with Crippen molar-refractivity contribution in [2.24, 2.45) is 5.73 Å². The van der Waals surface area contributed by atoms with Gasteiger partial charge in [-0.05, 0) is 18.2 Å². The Kier molecular flexibility index (Phi) is 3.96. The van der Waals surface area contributed by atoms with Crippen LogP contribution in [-0.2, 0) is 0 Å². The number of hydrogen-bond acceptors (Lipinski definition) is 4. The van der Waals surface area contributed by atoms with Crippen LogP contribution < -0.4 is 10.5 Å². The van der Waals surface area contributed by atoms with Crippen molar-refractivity contribution in [1.29, 1.82) is 0 Å². The molecule has 0 aliphatic rings. The summed E-state index contributed by atoms with van der Waals surface area (Å²) in [6.45, 7) is 0. The van der Waals surface area contributed by atoms with E-state index in [-0.39, 0.29) is 10.9 Å². The zero-order valence-corrected chi connectivity index (χ0v) is 11.3. The van der Waals surface area contributed by atoms with Gasteiger partial charge in [-0.1, -0.05) is 35.4 Å². The molecule has 0 radical (unpaired) electrons. The summed E-state index contributed by atoms with van der Waals surface area (Å²) in [5, 5.41) is 8.43. The highest BCUT2D eigenvalue weighted by Crippen LogP contribution is 2.31.